The molecular weight excluding hydrogens is 674 g/mol. The highest BCUT2D eigenvalue weighted by atomic mass is 16.7. The van der Waals surface area contributed by atoms with Crippen LogP contribution < -0.4 is 14.8 Å². The van der Waals surface area contributed by atoms with Gasteiger partial charge in [0.1, 0.15) is 24.1 Å². The fourth-order valence-electron chi connectivity index (χ4n) is 8.61. The molecule has 2 saturated carbocycles. The highest BCUT2D eigenvalue weighted by Gasteiger charge is 2.65. The quantitative estimate of drug-likeness (QED) is 0.0899. The smallest absolute Gasteiger partial charge is 0.412 e. The second kappa shape index (κ2) is 17.8. The molecule has 6 rings (SSSR count). The molecule has 0 aromatic heterocycles. The molecule has 1 aliphatic heterocycles. The maximum Gasteiger partial charge on any atom is 0.412 e. The number of carbonyl (C=O) groups is 2. The van der Waals surface area contributed by atoms with Crippen molar-refractivity contribution >= 4 is 17.7 Å². The first-order valence-corrected chi connectivity index (χ1v) is 19.3. The summed E-state index contributed by atoms with van der Waals surface area (Å²) < 4.78 is 19.8. The van der Waals surface area contributed by atoms with Crippen LogP contribution in [0.3, 0.4) is 0 Å². The van der Waals surface area contributed by atoms with Gasteiger partial charge in [-0.25, -0.2) is 4.79 Å². The number of rotatable bonds is 18. The van der Waals surface area contributed by atoms with E-state index in [4.69, 9.17) is 24.2 Å². The third-order valence-electron chi connectivity index (χ3n) is 11.2. The van der Waals surface area contributed by atoms with E-state index in [1.165, 1.54) is 0 Å². The van der Waals surface area contributed by atoms with Crippen LogP contribution in [0.5, 0.6) is 11.5 Å². The first-order valence-electron chi connectivity index (χ1n) is 19.3. The Hall–Kier alpha value is -4.19. The maximum absolute atomic E-state index is 13.9. The predicted octanol–water partition coefficient (Wildman–Crippen LogP) is 6.50. The third-order valence-corrected chi connectivity index (χ3v) is 11.2. The molecule has 0 saturated heterocycles. The Labute approximate surface area is 313 Å². The lowest BCUT2D eigenvalue weighted by atomic mass is 9.55. The van der Waals surface area contributed by atoms with Gasteiger partial charge in [0.05, 0.1) is 18.2 Å². The number of oxime groups is 1. The van der Waals surface area contributed by atoms with Gasteiger partial charge >= 0.3 is 6.09 Å². The number of aliphatic hydroxyl groups is 2. The van der Waals surface area contributed by atoms with Crippen LogP contribution in [-0.4, -0.2) is 78.1 Å². The van der Waals surface area contributed by atoms with Crippen LogP contribution in [0.25, 0.3) is 0 Å². The monoisotopic (exact) mass is 729 g/mol. The molecular formula is C42H55N3O8. The molecule has 11 heteroatoms. The molecule has 2 aromatic carbocycles. The van der Waals surface area contributed by atoms with Crippen molar-refractivity contribution in [2.45, 2.75) is 89.1 Å². The minimum atomic E-state index is -1.30. The molecule has 3 N–H and O–H groups in total. The number of amides is 2. The number of hydrogen-bond acceptors (Lipinski definition) is 9. The number of nitrogens with zero attached hydrogens (tertiary/aromatic N) is 2. The molecule has 11 nitrogen and oxygen atoms in total. The van der Waals surface area contributed by atoms with E-state index in [-0.39, 0.29) is 56.0 Å². The number of allylic oxidation sites excluding steroid dienone is 1. The van der Waals surface area contributed by atoms with E-state index in [0.29, 0.717) is 37.3 Å². The molecule has 3 aliphatic carbocycles. The Bertz CT molecular complexity index is 1640. The van der Waals surface area contributed by atoms with E-state index in [1.807, 2.05) is 61.3 Å². The molecule has 0 unspecified atom stereocenters. The highest BCUT2D eigenvalue weighted by molar-refractivity contribution is 6.03. The largest absolute Gasteiger partial charge is 0.459 e. The van der Waals surface area contributed by atoms with Crippen LogP contribution in [0.15, 0.2) is 78.0 Å². The van der Waals surface area contributed by atoms with Crippen LogP contribution in [0, 0.1) is 23.7 Å². The van der Waals surface area contributed by atoms with Gasteiger partial charge in [-0.3, -0.25) is 4.79 Å². The Morgan fingerprint density at radius 1 is 1.08 bits per heavy atom. The molecule has 6 atom stereocenters. The number of ether oxygens (including phenoxy) is 3. The zero-order chi connectivity index (χ0) is 37.4. The number of fused-ring (bicyclic) bond motifs is 2. The fraction of sp³-hybridized carbons (Fsp3) is 0.548. The Morgan fingerprint density at radius 2 is 1.83 bits per heavy atom. The highest BCUT2D eigenvalue weighted by Crippen LogP contribution is 2.62. The standard InChI is InChI=1S/C42H55N3O8/c1-4-23-50-42-37(45(3)40(48)29-17-18-29)26-35(44-51-27-28-13-7-6-8-14-28)33-24-30(15-9-11-21-46)32(16-10-12-22-47)38(39(33)42)34-25-31(19-20-36(34)53-42)52-41(49)43-5-2/h4,6-8,13-14,19-20,24-25,29-30,32,37-39,46-47H,1,5,9-12,15-18,21-23,26-27H2,2-3H3,(H,43,49)/t30-,32+,37-,38+,39+,42+/m0/s1. The molecule has 0 spiro atoms. The topological polar surface area (TPSA) is 139 Å². The summed E-state index contributed by atoms with van der Waals surface area (Å²) in [5, 5.41) is 27.2. The van der Waals surface area contributed by atoms with Crippen LogP contribution in [0.2, 0.25) is 0 Å². The van der Waals surface area contributed by atoms with Gasteiger partial charge in [0.25, 0.3) is 0 Å². The molecule has 286 valence electrons. The van der Waals surface area contributed by atoms with Crippen molar-refractivity contribution in [2.24, 2.45) is 28.8 Å². The van der Waals surface area contributed by atoms with Gasteiger partial charge in [0.2, 0.25) is 11.7 Å². The molecule has 2 fully saturated rings. The summed E-state index contributed by atoms with van der Waals surface area (Å²) in [5.41, 5.74) is 3.59. The summed E-state index contributed by atoms with van der Waals surface area (Å²) in [7, 11) is 1.85. The zero-order valence-electron chi connectivity index (χ0n) is 31.1. The summed E-state index contributed by atoms with van der Waals surface area (Å²) >= 11 is 0. The van der Waals surface area contributed by atoms with Crippen LogP contribution in [-0.2, 0) is 21.0 Å². The Morgan fingerprint density at radius 3 is 2.53 bits per heavy atom. The molecule has 2 amide bonds. The second-order valence-corrected chi connectivity index (χ2v) is 14.7. The molecule has 2 aromatic rings. The minimum absolute atomic E-state index is 0.0303. The van der Waals surface area contributed by atoms with Gasteiger partial charge in [-0.1, -0.05) is 60.5 Å². The minimum Gasteiger partial charge on any atom is -0.459 e. The van der Waals surface area contributed by atoms with Crippen LogP contribution in [0.1, 0.15) is 81.8 Å². The van der Waals surface area contributed by atoms with Crippen LogP contribution in [0.4, 0.5) is 4.79 Å². The van der Waals surface area contributed by atoms with Crippen molar-refractivity contribution in [3.05, 3.63) is 84.0 Å². The molecule has 53 heavy (non-hydrogen) atoms. The normalized spacial score (nSPS) is 26.4. The zero-order valence-corrected chi connectivity index (χ0v) is 31.1. The van der Waals surface area contributed by atoms with E-state index < -0.39 is 23.8 Å². The van der Waals surface area contributed by atoms with E-state index in [0.717, 1.165) is 60.9 Å². The summed E-state index contributed by atoms with van der Waals surface area (Å²) in [4.78, 5) is 34.5. The summed E-state index contributed by atoms with van der Waals surface area (Å²) in [5.74, 6) is -0.734. The second-order valence-electron chi connectivity index (χ2n) is 14.7. The van der Waals surface area contributed by atoms with E-state index in [9.17, 15) is 19.8 Å². The van der Waals surface area contributed by atoms with Gasteiger partial charge in [-0.2, -0.15) is 0 Å². The molecule has 0 radical (unpaired) electrons. The Balaban J connectivity index is 1.54. The lowest BCUT2D eigenvalue weighted by Crippen LogP contribution is -2.69. The number of hydrogen-bond donors (Lipinski definition) is 3. The van der Waals surface area contributed by atoms with Crippen molar-refractivity contribution < 1.29 is 38.9 Å². The van der Waals surface area contributed by atoms with Gasteiger partial charge in [-0.05, 0) is 86.6 Å². The van der Waals surface area contributed by atoms with Crippen molar-refractivity contribution in [3.8, 4) is 11.5 Å². The maximum atomic E-state index is 13.9. The number of likely N-dealkylation sites (N-methyl/N-ethyl adjacent to an activating group) is 1. The average molecular weight is 730 g/mol. The van der Waals surface area contributed by atoms with Gasteiger partial charge < -0.3 is 39.5 Å². The molecule has 0 bridgehead atoms. The van der Waals surface area contributed by atoms with Crippen LogP contribution >= 0.6 is 0 Å². The Kier molecular flexibility index (Phi) is 12.9. The lowest BCUT2D eigenvalue weighted by Gasteiger charge is -2.59. The number of carbonyl (C=O) groups excluding carboxylic acids is 2. The third kappa shape index (κ3) is 8.47. The first kappa shape index (κ1) is 38.5. The number of benzene rings is 2. The van der Waals surface area contributed by atoms with Gasteiger partial charge in [0, 0.05) is 50.6 Å². The molecule has 1 heterocycles. The van der Waals surface area contributed by atoms with Gasteiger partial charge in [-0.15, -0.1) is 6.58 Å². The average Bonchev–Trinajstić information content (AvgIpc) is 4.02. The van der Waals surface area contributed by atoms with E-state index >= 15 is 0 Å². The van der Waals surface area contributed by atoms with Crippen molar-refractivity contribution in [2.75, 3.05) is 33.4 Å². The van der Waals surface area contributed by atoms with Crippen molar-refractivity contribution in [1.82, 2.24) is 10.2 Å². The van der Waals surface area contributed by atoms with E-state index in [1.54, 1.807) is 12.1 Å². The lowest BCUT2D eigenvalue weighted by molar-refractivity contribution is -0.255. The van der Waals surface area contributed by atoms with Gasteiger partial charge in [0.15, 0.2) is 0 Å². The SMILES string of the molecule is C=CCO[C@@]12Oc3ccc(OC(=O)NCC)cc3[C@H]3[C@H](CCCCO)[C@@H](CCCCO)C=C(C(=NOCc4ccccc4)C[C@@H]1N(C)C(=O)C1CC1)[C@H]32. The number of nitrogens with one attached hydrogen (secondary N) is 1. The number of unbranched alkanes of at least 4 members (excludes halogenated alkanes) is 2. The summed E-state index contributed by atoms with van der Waals surface area (Å²) in [6.45, 7) is 6.93. The van der Waals surface area contributed by atoms with E-state index in [2.05, 4.69) is 18.0 Å². The van der Waals surface area contributed by atoms with Crippen molar-refractivity contribution in [3.63, 3.8) is 0 Å². The molecule has 4 aliphatic rings. The summed E-state index contributed by atoms with van der Waals surface area (Å²) in [6.07, 6.45) is 10.2. The first-order chi connectivity index (χ1) is 25.8. The van der Waals surface area contributed by atoms with Crippen molar-refractivity contribution in [1.29, 1.82) is 0 Å². The predicted molar refractivity (Wildman–Crippen MR) is 201 cm³/mol. The number of aliphatic hydroxyl groups excluding tert-OH is 2. The fourth-order valence-corrected chi connectivity index (χ4v) is 8.61. The summed E-state index contributed by atoms with van der Waals surface area (Å²) in [6, 6.07) is 14.8.